The molecule has 10 heteroatoms. The fourth-order valence-corrected chi connectivity index (χ4v) is 5.79. The van der Waals surface area contributed by atoms with Crippen LogP contribution in [0.4, 0.5) is 9.18 Å². The summed E-state index contributed by atoms with van der Waals surface area (Å²) in [5.74, 6) is -1.55. The molecule has 2 aliphatic rings. The highest BCUT2D eigenvalue weighted by molar-refractivity contribution is 5.89. The fraction of sp³-hybridized carbons (Fsp3) is 0.667. The number of methoxy groups -OCH3 is 1. The average molecular weight is 601 g/mol. The van der Waals surface area contributed by atoms with Gasteiger partial charge < -0.3 is 29.2 Å². The molecule has 1 N–H and O–H groups in total. The summed E-state index contributed by atoms with van der Waals surface area (Å²) < 4.78 is 29.5. The predicted molar refractivity (Wildman–Crippen MR) is 164 cm³/mol. The number of rotatable bonds is 12. The maximum Gasteiger partial charge on any atom is 0.410 e. The van der Waals surface area contributed by atoms with Crippen molar-refractivity contribution in [3.63, 3.8) is 0 Å². The Kier molecular flexibility index (Phi) is 10.4. The molecule has 2 fully saturated rings. The van der Waals surface area contributed by atoms with E-state index in [2.05, 4.69) is 28.2 Å². The fourth-order valence-electron chi connectivity index (χ4n) is 5.79. The van der Waals surface area contributed by atoms with E-state index in [0.717, 1.165) is 42.3 Å². The molecule has 0 radical (unpaired) electrons. The van der Waals surface area contributed by atoms with Crippen LogP contribution in [0, 0.1) is 11.8 Å². The number of amides is 3. The van der Waals surface area contributed by atoms with Gasteiger partial charge in [0.25, 0.3) is 5.91 Å². The number of halogens is 1. The Morgan fingerprint density at radius 1 is 1.19 bits per heavy atom. The van der Waals surface area contributed by atoms with E-state index in [-0.39, 0.29) is 24.9 Å². The number of hydrogen-bond donors (Lipinski definition) is 1. The van der Waals surface area contributed by atoms with Gasteiger partial charge in [0.15, 0.2) is 0 Å². The van der Waals surface area contributed by atoms with Crippen molar-refractivity contribution in [1.82, 2.24) is 19.7 Å². The van der Waals surface area contributed by atoms with Crippen molar-refractivity contribution in [3.05, 3.63) is 36.0 Å². The molecule has 1 saturated heterocycles. The van der Waals surface area contributed by atoms with Gasteiger partial charge >= 0.3 is 6.09 Å². The number of aromatic nitrogens is 1. The number of fused-ring (bicyclic) bond motifs is 1. The van der Waals surface area contributed by atoms with Crippen molar-refractivity contribution in [1.29, 1.82) is 0 Å². The number of ether oxygens (including phenoxy) is 2. The average Bonchev–Trinajstić information content (AvgIpc) is 3.72. The van der Waals surface area contributed by atoms with E-state index < -0.39 is 35.7 Å². The van der Waals surface area contributed by atoms with Crippen LogP contribution in [0.5, 0.6) is 0 Å². The van der Waals surface area contributed by atoms with E-state index in [1.807, 2.05) is 30.9 Å². The minimum atomic E-state index is -2.40. The van der Waals surface area contributed by atoms with Gasteiger partial charge in [-0.2, -0.15) is 0 Å². The second kappa shape index (κ2) is 13.7. The standard InChI is InChI=1S/C33H49FN4O5/c1-23(2)14-15-35-30(40)33(34)18-24(19-37(22-33)31(41)43-32(3,4)5)29(39)38(26-12-13-26)21-25-20-36(16-9-17-42-6)28-11-8-7-10-27(25)28/h7-8,10-11,20,23-24,26H,9,12-19,21-22H2,1-6H3,(H,35,40)/t24-,33+/m1/s1. The molecule has 4 rings (SSSR count). The molecular weight excluding hydrogens is 551 g/mol. The third-order valence-corrected chi connectivity index (χ3v) is 8.10. The van der Waals surface area contributed by atoms with Crippen LogP contribution in [0.3, 0.4) is 0 Å². The zero-order chi connectivity index (χ0) is 31.4. The van der Waals surface area contributed by atoms with Gasteiger partial charge in [-0.15, -0.1) is 0 Å². The molecule has 3 amide bonds. The number of nitrogens with one attached hydrogen (secondary N) is 1. The summed E-state index contributed by atoms with van der Waals surface area (Å²) in [7, 11) is 1.69. The highest BCUT2D eigenvalue weighted by Crippen LogP contribution is 2.36. The first-order valence-corrected chi connectivity index (χ1v) is 15.6. The Labute approximate surface area is 255 Å². The van der Waals surface area contributed by atoms with Gasteiger partial charge in [-0.1, -0.05) is 32.0 Å². The highest BCUT2D eigenvalue weighted by atomic mass is 19.1. The van der Waals surface area contributed by atoms with Crippen molar-refractivity contribution in [2.75, 3.05) is 33.4 Å². The SMILES string of the molecule is COCCCn1cc(CN(C(=O)[C@H]2CN(C(=O)OC(C)(C)C)C[C@](F)(C(=O)NCCC(C)C)C2)C2CC2)c2ccccc21. The summed E-state index contributed by atoms with van der Waals surface area (Å²) in [5, 5.41) is 3.78. The zero-order valence-electron chi connectivity index (χ0n) is 26.7. The molecule has 238 valence electrons. The van der Waals surface area contributed by atoms with E-state index in [1.54, 1.807) is 27.9 Å². The van der Waals surface area contributed by atoms with Crippen LogP contribution < -0.4 is 5.32 Å². The first-order chi connectivity index (χ1) is 20.3. The lowest BCUT2D eigenvalue weighted by molar-refractivity contribution is -0.147. The Bertz CT molecular complexity index is 1280. The Morgan fingerprint density at radius 3 is 2.56 bits per heavy atom. The molecule has 1 aromatic heterocycles. The van der Waals surface area contributed by atoms with Crippen LogP contribution >= 0.6 is 0 Å². The van der Waals surface area contributed by atoms with Crippen molar-refractivity contribution in [3.8, 4) is 0 Å². The van der Waals surface area contributed by atoms with Gasteiger partial charge in [0.05, 0.1) is 12.5 Å². The minimum Gasteiger partial charge on any atom is -0.444 e. The van der Waals surface area contributed by atoms with Crippen molar-refractivity contribution < 1.29 is 28.2 Å². The Hall–Kier alpha value is -3.14. The molecule has 2 atom stereocenters. The van der Waals surface area contributed by atoms with Crippen molar-refractivity contribution >= 4 is 28.8 Å². The van der Waals surface area contributed by atoms with E-state index in [9.17, 15) is 14.4 Å². The molecule has 1 aliphatic heterocycles. The number of benzene rings is 1. The lowest BCUT2D eigenvalue weighted by atomic mass is 9.85. The maximum atomic E-state index is 16.6. The van der Waals surface area contributed by atoms with Gasteiger partial charge in [-0.3, -0.25) is 9.59 Å². The number of carbonyl (C=O) groups is 3. The number of para-hydroxylation sites is 1. The number of carbonyl (C=O) groups excluding carboxylic acids is 3. The van der Waals surface area contributed by atoms with Crippen molar-refractivity contribution in [2.24, 2.45) is 11.8 Å². The quantitative estimate of drug-likeness (QED) is 0.334. The van der Waals surface area contributed by atoms with Crippen molar-refractivity contribution in [2.45, 2.75) is 97.1 Å². The summed E-state index contributed by atoms with van der Waals surface area (Å²) in [6, 6.07) is 8.18. The maximum absolute atomic E-state index is 16.6. The van der Waals surface area contributed by atoms with Crippen LogP contribution in [-0.2, 0) is 32.2 Å². The molecule has 0 unspecified atom stereocenters. The Balaban J connectivity index is 1.59. The van der Waals surface area contributed by atoms with Gasteiger partial charge in [-0.25, -0.2) is 9.18 Å². The first kappa shape index (κ1) is 32.8. The normalized spacial score (nSPS) is 20.8. The summed E-state index contributed by atoms with van der Waals surface area (Å²) in [5.41, 5.74) is -1.10. The first-order valence-electron chi connectivity index (χ1n) is 15.6. The third-order valence-electron chi connectivity index (χ3n) is 8.10. The molecule has 9 nitrogen and oxygen atoms in total. The van der Waals surface area contributed by atoms with Gasteiger partial charge in [0, 0.05) is 69.5 Å². The third kappa shape index (κ3) is 8.49. The van der Waals surface area contributed by atoms with Crippen LogP contribution in [0.25, 0.3) is 10.9 Å². The predicted octanol–water partition coefficient (Wildman–Crippen LogP) is 5.30. The summed E-state index contributed by atoms with van der Waals surface area (Å²) >= 11 is 0. The molecule has 1 aromatic carbocycles. The monoisotopic (exact) mass is 600 g/mol. The second-order valence-corrected chi connectivity index (χ2v) is 13.6. The number of piperidine rings is 1. The number of likely N-dealkylation sites (tertiary alicyclic amines) is 1. The van der Waals surface area contributed by atoms with E-state index in [4.69, 9.17) is 9.47 Å². The smallest absolute Gasteiger partial charge is 0.410 e. The molecule has 0 spiro atoms. The number of alkyl halides is 1. The van der Waals surface area contributed by atoms with Crippen LogP contribution in [0.15, 0.2) is 30.5 Å². The Morgan fingerprint density at radius 2 is 1.91 bits per heavy atom. The lowest BCUT2D eigenvalue weighted by Gasteiger charge is -2.41. The van der Waals surface area contributed by atoms with E-state index >= 15 is 4.39 Å². The highest BCUT2D eigenvalue weighted by Gasteiger charge is 2.51. The molecule has 2 aromatic rings. The molecule has 1 aliphatic carbocycles. The molecule has 1 saturated carbocycles. The molecule has 2 heterocycles. The van der Waals surface area contributed by atoms with E-state index in [0.29, 0.717) is 32.0 Å². The van der Waals surface area contributed by atoms with Crippen LogP contribution in [0.2, 0.25) is 0 Å². The second-order valence-electron chi connectivity index (χ2n) is 13.6. The number of hydrogen-bond acceptors (Lipinski definition) is 5. The number of nitrogens with zero attached hydrogens (tertiary/aromatic N) is 3. The topological polar surface area (TPSA) is 93.1 Å². The van der Waals surface area contributed by atoms with Crippen LogP contribution in [-0.4, -0.2) is 82.9 Å². The lowest BCUT2D eigenvalue weighted by Crippen LogP contribution is -2.61. The minimum absolute atomic E-state index is 0.000683. The van der Waals surface area contributed by atoms with Gasteiger partial charge in [0.1, 0.15) is 5.60 Å². The van der Waals surface area contributed by atoms with Gasteiger partial charge in [0.2, 0.25) is 11.6 Å². The molecule has 0 bridgehead atoms. The molecule has 43 heavy (non-hydrogen) atoms. The summed E-state index contributed by atoms with van der Waals surface area (Å²) in [6.07, 6.45) is 4.40. The van der Waals surface area contributed by atoms with Gasteiger partial charge in [-0.05, 0) is 64.0 Å². The molecular formula is C33H49FN4O5. The van der Waals surface area contributed by atoms with Crippen LogP contribution in [0.1, 0.15) is 72.3 Å². The number of aryl methyl sites for hydroxylation is 1. The van der Waals surface area contributed by atoms with E-state index in [1.165, 1.54) is 4.90 Å². The summed E-state index contributed by atoms with van der Waals surface area (Å²) in [4.78, 5) is 43.6. The largest absolute Gasteiger partial charge is 0.444 e. The summed E-state index contributed by atoms with van der Waals surface area (Å²) in [6.45, 7) is 11.0. The zero-order valence-corrected chi connectivity index (χ0v) is 26.7.